The monoisotopic (exact) mass is 1160 g/mol. The first-order chi connectivity index (χ1) is 38.7. The molecule has 0 aromatic heterocycles. The molecule has 432 valence electrons. The molecular weight excluding hydrogens is 1080 g/mol. The summed E-state index contributed by atoms with van der Waals surface area (Å²) in [5, 5.41) is 0. The minimum atomic E-state index is -2.42. The van der Waals surface area contributed by atoms with Gasteiger partial charge in [0.15, 0.2) is 28.8 Å². The molecule has 0 heterocycles. The van der Waals surface area contributed by atoms with Crippen molar-refractivity contribution in [2.24, 2.45) is 0 Å². The first-order valence-corrected chi connectivity index (χ1v) is 37.1. The van der Waals surface area contributed by atoms with Crippen LogP contribution in [0.25, 0.3) is 22.3 Å². The summed E-state index contributed by atoms with van der Waals surface area (Å²) in [7, 11) is -6.54. The van der Waals surface area contributed by atoms with Crippen LogP contribution in [-0.2, 0) is 27.3 Å². The van der Waals surface area contributed by atoms with Gasteiger partial charge in [0, 0.05) is 0 Å². The Labute approximate surface area is 481 Å². The first kappa shape index (κ1) is 63.2. The molecule has 0 aliphatic rings. The summed E-state index contributed by atoms with van der Waals surface area (Å²) in [5.74, 6) is 1.42. The zero-order valence-electron chi connectivity index (χ0n) is 48.7. The van der Waals surface area contributed by atoms with Crippen molar-refractivity contribution in [1.82, 2.24) is 0 Å². The Hall–Kier alpha value is -7.03. The SMILES string of the molecule is CCCCOC(=O)[C@@H](C)Oc1ccc(OC(=O)c2ccc(-c3ccc(OCCC[Si](C)(C)O[Si](C)(C)O[Si](C)(C)CCCOc4ccc(-c5ccc(C(=O)Oc6ccc(O[C@H](C)C(=O)OCCCC)cc6)cc5)cc4)cc3)cc2)cc1. The van der Waals surface area contributed by atoms with Gasteiger partial charge in [0.1, 0.15) is 34.5 Å². The molecule has 0 saturated carbocycles. The van der Waals surface area contributed by atoms with Gasteiger partial charge in [-0.15, -0.1) is 0 Å². The third kappa shape index (κ3) is 21.4. The van der Waals surface area contributed by atoms with Crippen molar-refractivity contribution in [2.45, 2.75) is 130 Å². The van der Waals surface area contributed by atoms with Crippen LogP contribution in [-0.4, -0.2) is 87.7 Å². The summed E-state index contributed by atoms with van der Waals surface area (Å²) in [6, 6.07) is 45.4. The van der Waals surface area contributed by atoms with Crippen molar-refractivity contribution in [1.29, 1.82) is 0 Å². The Morgan fingerprint density at radius 3 is 1.00 bits per heavy atom. The van der Waals surface area contributed by atoms with E-state index in [1.807, 2.05) is 86.6 Å². The fourth-order valence-electron chi connectivity index (χ4n) is 8.79. The molecule has 6 aromatic rings. The maximum absolute atomic E-state index is 12.9. The van der Waals surface area contributed by atoms with Gasteiger partial charge in [0.25, 0.3) is 0 Å². The number of hydrogen-bond donors (Lipinski definition) is 0. The molecule has 81 heavy (non-hydrogen) atoms. The molecular formula is C64H80O14Si3. The fourth-order valence-corrected chi connectivity index (χ4v) is 22.8. The summed E-state index contributed by atoms with van der Waals surface area (Å²) in [6.07, 6.45) is 3.70. The second-order valence-corrected chi connectivity index (χ2v) is 34.0. The summed E-state index contributed by atoms with van der Waals surface area (Å²) >= 11 is 0. The van der Waals surface area contributed by atoms with Crippen molar-refractivity contribution >= 4 is 49.1 Å². The smallest absolute Gasteiger partial charge is 0.347 e. The van der Waals surface area contributed by atoms with Crippen molar-refractivity contribution in [3.63, 3.8) is 0 Å². The van der Waals surface area contributed by atoms with Crippen LogP contribution in [0.4, 0.5) is 0 Å². The van der Waals surface area contributed by atoms with Gasteiger partial charge in [-0.3, -0.25) is 0 Å². The first-order valence-electron chi connectivity index (χ1n) is 28.1. The quantitative estimate of drug-likeness (QED) is 0.0170. The number of carbonyl (C=O) groups is 4. The van der Waals surface area contributed by atoms with Crippen LogP contribution < -0.4 is 28.4 Å². The molecule has 0 unspecified atom stereocenters. The Balaban J connectivity index is 0.848. The van der Waals surface area contributed by atoms with Crippen molar-refractivity contribution in [3.8, 4) is 56.8 Å². The summed E-state index contributed by atoms with van der Waals surface area (Å²) < 4.78 is 59.0. The maximum atomic E-state index is 12.9. The van der Waals surface area contributed by atoms with Crippen LogP contribution in [0.15, 0.2) is 146 Å². The van der Waals surface area contributed by atoms with Crippen molar-refractivity contribution in [3.05, 3.63) is 157 Å². The third-order valence-corrected chi connectivity index (χ3v) is 24.4. The highest BCUT2D eigenvalue weighted by Gasteiger charge is 2.39. The number of carbonyl (C=O) groups excluding carboxylic acids is 4. The fraction of sp³-hybridized carbons (Fsp3) is 0.375. The van der Waals surface area contributed by atoms with E-state index in [1.165, 1.54) is 0 Å². The van der Waals surface area contributed by atoms with Crippen LogP contribution >= 0.6 is 0 Å². The van der Waals surface area contributed by atoms with Crippen molar-refractivity contribution in [2.75, 3.05) is 26.4 Å². The highest BCUT2D eigenvalue weighted by atomic mass is 28.5. The second kappa shape index (κ2) is 30.7. The topological polar surface area (TPSA) is 161 Å². The van der Waals surface area contributed by atoms with E-state index in [2.05, 4.69) is 39.3 Å². The van der Waals surface area contributed by atoms with Gasteiger partial charge in [-0.25, -0.2) is 19.2 Å². The van der Waals surface area contributed by atoms with Crippen LogP contribution in [0.1, 0.15) is 86.9 Å². The van der Waals surface area contributed by atoms with Gasteiger partial charge in [-0.1, -0.05) is 75.2 Å². The number of ether oxygens (including phenoxy) is 8. The normalized spacial score (nSPS) is 12.4. The molecule has 0 saturated heterocycles. The predicted molar refractivity (Wildman–Crippen MR) is 323 cm³/mol. The zero-order valence-corrected chi connectivity index (χ0v) is 51.7. The summed E-state index contributed by atoms with van der Waals surface area (Å²) in [5.41, 5.74) is 4.73. The largest absolute Gasteiger partial charge is 0.494 e. The third-order valence-electron chi connectivity index (χ3n) is 12.9. The molecule has 17 heteroatoms. The number of hydrogen-bond acceptors (Lipinski definition) is 14. The molecule has 0 N–H and O–H groups in total. The number of unbranched alkanes of at least 4 members (excludes halogenated alkanes) is 2. The average Bonchev–Trinajstić information content (AvgIpc) is 3.49. The Morgan fingerprint density at radius 1 is 0.383 bits per heavy atom. The van der Waals surface area contributed by atoms with Gasteiger partial charge in [0.05, 0.1) is 37.6 Å². The Morgan fingerprint density at radius 2 is 0.679 bits per heavy atom. The van der Waals surface area contributed by atoms with E-state index >= 15 is 0 Å². The van der Waals surface area contributed by atoms with E-state index < -0.39 is 61.3 Å². The molecule has 0 aliphatic heterocycles. The van der Waals surface area contributed by atoms with E-state index in [-0.39, 0.29) is 0 Å². The van der Waals surface area contributed by atoms with Gasteiger partial charge in [-0.2, -0.15) is 0 Å². The minimum Gasteiger partial charge on any atom is -0.494 e. The Kier molecular flexibility index (Phi) is 23.9. The summed E-state index contributed by atoms with van der Waals surface area (Å²) in [4.78, 5) is 50.1. The highest BCUT2D eigenvalue weighted by molar-refractivity contribution is 6.87. The number of benzene rings is 6. The molecule has 2 atom stereocenters. The second-order valence-electron chi connectivity index (χ2n) is 21.5. The zero-order chi connectivity index (χ0) is 58.4. The molecule has 0 amide bonds. The van der Waals surface area contributed by atoms with Gasteiger partial charge < -0.3 is 46.1 Å². The molecule has 0 aliphatic carbocycles. The van der Waals surface area contributed by atoms with Gasteiger partial charge >= 0.3 is 32.4 Å². The van der Waals surface area contributed by atoms with E-state index in [9.17, 15) is 19.2 Å². The van der Waals surface area contributed by atoms with E-state index in [1.54, 1.807) is 86.6 Å². The lowest BCUT2D eigenvalue weighted by Crippen LogP contribution is -2.52. The van der Waals surface area contributed by atoms with Crippen LogP contribution in [0.5, 0.6) is 34.5 Å². The minimum absolute atomic E-state index is 0.358. The van der Waals surface area contributed by atoms with E-state index in [0.29, 0.717) is 60.6 Å². The lowest BCUT2D eigenvalue weighted by atomic mass is 10.0. The maximum Gasteiger partial charge on any atom is 0.347 e. The Bertz CT molecular complexity index is 2710. The van der Waals surface area contributed by atoms with E-state index in [4.69, 9.17) is 46.1 Å². The molecule has 0 radical (unpaired) electrons. The summed E-state index contributed by atoms with van der Waals surface area (Å²) in [6.45, 7) is 22.6. The van der Waals surface area contributed by atoms with E-state index in [0.717, 1.165) is 84.4 Å². The number of rotatable bonds is 32. The van der Waals surface area contributed by atoms with Crippen molar-refractivity contribution < 1.29 is 65.3 Å². The van der Waals surface area contributed by atoms with Gasteiger partial charge in [-0.05, 0) is 210 Å². The lowest BCUT2D eigenvalue weighted by Gasteiger charge is -2.38. The van der Waals surface area contributed by atoms with Crippen LogP contribution in [0.3, 0.4) is 0 Å². The van der Waals surface area contributed by atoms with Gasteiger partial charge in [0.2, 0.25) is 0 Å². The standard InChI is InChI=1S/C64H80O14Si3/c1-11-13-41-71-61(65)47(3)73-57-33-37-59(38-34-57)75-63(67)53-21-17-49(18-22-53)51-25-29-55(30-26-51)69-43-15-45-79(5,6)77-81(9,10)78-80(7,8)46-16-44-70-56-31-27-52(28-32-56)50-19-23-54(24-20-50)64(68)76-60-39-35-58(36-40-60)74-48(4)62(66)72-42-14-12-2/h17-40,47-48H,11-16,41-46H2,1-10H3/t47-,48-/m1/s1. The molecule has 0 spiro atoms. The van der Waals surface area contributed by atoms with Crippen LogP contribution in [0, 0.1) is 0 Å². The lowest BCUT2D eigenvalue weighted by molar-refractivity contribution is -0.151. The number of esters is 4. The molecule has 6 aromatic carbocycles. The molecule has 0 bridgehead atoms. The average molecular weight is 1160 g/mol. The highest BCUT2D eigenvalue weighted by Crippen LogP contribution is 2.30. The van der Waals surface area contributed by atoms with Crippen LogP contribution in [0.2, 0.25) is 51.4 Å². The molecule has 14 nitrogen and oxygen atoms in total. The predicted octanol–water partition coefficient (Wildman–Crippen LogP) is 15.1. The molecule has 0 fully saturated rings. The molecule has 6 rings (SSSR count).